The molecule has 1 amide bonds. The predicted octanol–water partition coefficient (Wildman–Crippen LogP) is 4.37. The van der Waals surface area contributed by atoms with Crippen LogP contribution < -0.4 is 10.0 Å². The summed E-state index contributed by atoms with van der Waals surface area (Å²) in [6.07, 6.45) is 4.71. The van der Waals surface area contributed by atoms with E-state index < -0.39 is 10.0 Å². The summed E-state index contributed by atoms with van der Waals surface area (Å²) in [7, 11) is -3.71. The summed E-state index contributed by atoms with van der Waals surface area (Å²) in [5.74, 6) is 1.12. The van der Waals surface area contributed by atoms with Crippen molar-refractivity contribution in [3.05, 3.63) is 58.6 Å². The van der Waals surface area contributed by atoms with E-state index in [1.165, 1.54) is 25.3 Å². The van der Waals surface area contributed by atoms with Gasteiger partial charge in [-0.1, -0.05) is 35.7 Å². The number of sulfonamides is 1. The van der Waals surface area contributed by atoms with Crippen LogP contribution in [-0.4, -0.2) is 20.4 Å². The summed E-state index contributed by atoms with van der Waals surface area (Å²) >= 11 is 6.29. The first kappa shape index (κ1) is 19.3. The van der Waals surface area contributed by atoms with Crippen LogP contribution in [0.1, 0.15) is 41.6 Å². The molecule has 2 aliphatic rings. The maximum atomic E-state index is 12.6. The van der Waals surface area contributed by atoms with Gasteiger partial charge >= 0.3 is 0 Å². The zero-order valence-corrected chi connectivity index (χ0v) is 17.2. The molecule has 5 nitrogen and oxygen atoms in total. The highest BCUT2D eigenvalue weighted by molar-refractivity contribution is 7.92. The summed E-state index contributed by atoms with van der Waals surface area (Å²) in [5.41, 5.74) is 1.66. The molecule has 4 rings (SSSR count). The summed E-state index contributed by atoms with van der Waals surface area (Å²) in [4.78, 5) is 12.8. The third-order valence-corrected chi connectivity index (χ3v) is 7.56. The number of nitrogens with one attached hydrogen (secondary N) is 2. The van der Waals surface area contributed by atoms with Crippen molar-refractivity contribution in [2.24, 2.45) is 11.8 Å². The molecule has 3 atom stereocenters. The van der Waals surface area contributed by atoms with Crippen LogP contribution in [0.5, 0.6) is 0 Å². The van der Waals surface area contributed by atoms with Gasteiger partial charge in [-0.3, -0.25) is 9.52 Å². The number of halogens is 1. The van der Waals surface area contributed by atoms with Crippen LogP contribution in [0.2, 0.25) is 5.02 Å². The molecular formula is C21H23ClN2O3S. The lowest BCUT2D eigenvalue weighted by molar-refractivity contribution is 0.0923. The molecule has 2 aromatic carbocycles. The fourth-order valence-electron chi connectivity index (χ4n) is 4.36. The Morgan fingerprint density at radius 3 is 2.43 bits per heavy atom. The first-order valence-corrected chi connectivity index (χ1v) is 11.4. The Morgan fingerprint density at radius 1 is 1.07 bits per heavy atom. The number of fused-ring (bicyclic) bond motifs is 2. The molecular weight excluding hydrogens is 396 g/mol. The topological polar surface area (TPSA) is 75.3 Å². The van der Waals surface area contributed by atoms with E-state index in [9.17, 15) is 13.2 Å². The second kappa shape index (κ2) is 7.41. The van der Waals surface area contributed by atoms with Crippen LogP contribution in [0.25, 0.3) is 0 Å². The standard InChI is InChI=1S/C21H23ClN2O3S/c1-13-2-7-17(8-3-13)28(26,27)24-16-6-9-18(19(22)12-16)21(25)23-20-11-14-4-5-15(20)10-14/h2-3,6-9,12,14-15,20,24H,4-5,10-11H2,1H3,(H,23,25)/t14-,15-,20+/m1/s1. The monoisotopic (exact) mass is 418 g/mol. The van der Waals surface area contributed by atoms with Crippen LogP contribution in [0, 0.1) is 18.8 Å². The fraction of sp³-hybridized carbons (Fsp3) is 0.381. The van der Waals surface area contributed by atoms with Crippen LogP contribution in [0.4, 0.5) is 5.69 Å². The van der Waals surface area contributed by atoms with Gasteiger partial charge in [0.05, 0.1) is 21.2 Å². The molecule has 28 heavy (non-hydrogen) atoms. The first-order valence-electron chi connectivity index (χ1n) is 9.52. The van der Waals surface area contributed by atoms with Crippen molar-refractivity contribution < 1.29 is 13.2 Å². The van der Waals surface area contributed by atoms with Crippen LogP contribution in [0.3, 0.4) is 0 Å². The first-order chi connectivity index (χ1) is 13.3. The van der Waals surface area contributed by atoms with Gasteiger partial charge in [0.2, 0.25) is 0 Å². The molecule has 2 aromatic rings. The highest BCUT2D eigenvalue weighted by atomic mass is 35.5. The molecule has 148 valence electrons. The van der Waals surface area contributed by atoms with E-state index in [-0.39, 0.29) is 21.9 Å². The van der Waals surface area contributed by atoms with Gasteiger partial charge in [0, 0.05) is 6.04 Å². The van der Waals surface area contributed by atoms with Crippen molar-refractivity contribution in [3.8, 4) is 0 Å². The van der Waals surface area contributed by atoms with Gasteiger partial charge in [-0.25, -0.2) is 8.42 Å². The van der Waals surface area contributed by atoms with E-state index in [1.54, 1.807) is 36.4 Å². The predicted molar refractivity (Wildman–Crippen MR) is 110 cm³/mol. The number of amides is 1. The largest absolute Gasteiger partial charge is 0.349 e. The van der Waals surface area contributed by atoms with Crippen LogP contribution >= 0.6 is 11.6 Å². The van der Waals surface area contributed by atoms with Crippen molar-refractivity contribution in [2.75, 3.05) is 4.72 Å². The van der Waals surface area contributed by atoms with Gasteiger partial charge in [-0.15, -0.1) is 0 Å². The second-order valence-electron chi connectivity index (χ2n) is 7.87. The number of rotatable bonds is 5. The molecule has 0 aromatic heterocycles. The van der Waals surface area contributed by atoms with Gasteiger partial charge in [0.25, 0.3) is 15.9 Å². The second-order valence-corrected chi connectivity index (χ2v) is 9.96. The number of hydrogen-bond donors (Lipinski definition) is 2. The molecule has 2 aliphatic carbocycles. The molecule has 0 radical (unpaired) electrons. The summed E-state index contributed by atoms with van der Waals surface area (Å²) in [5, 5.41) is 3.33. The highest BCUT2D eigenvalue weighted by Crippen LogP contribution is 2.44. The van der Waals surface area contributed by atoms with Crippen molar-refractivity contribution in [1.29, 1.82) is 0 Å². The molecule has 0 heterocycles. The van der Waals surface area contributed by atoms with E-state index in [4.69, 9.17) is 11.6 Å². The number of anilines is 1. The molecule has 0 spiro atoms. The number of hydrogen-bond acceptors (Lipinski definition) is 3. The fourth-order valence-corrected chi connectivity index (χ4v) is 5.68. The third-order valence-electron chi connectivity index (χ3n) is 5.85. The van der Waals surface area contributed by atoms with Crippen molar-refractivity contribution in [2.45, 2.75) is 43.5 Å². The van der Waals surface area contributed by atoms with Gasteiger partial charge < -0.3 is 5.32 Å². The number of benzene rings is 2. The average Bonchev–Trinajstić information content (AvgIpc) is 3.24. The smallest absolute Gasteiger partial charge is 0.261 e. The van der Waals surface area contributed by atoms with Crippen LogP contribution in [0.15, 0.2) is 47.4 Å². The van der Waals surface area contributed by atoms with Crippen molar-refractivity contribution >= 4 is 33.2 Å². The zero-order chi connectivity index (χ0) is 19.9. The van der Waals surface area contributed by atoms with Gasteiger partial charge in [-0.05, 0) is 68.4 Å². The lowest BCUT2D eigenvalue weighted by Crippen LogP contribution is -2.38. The van der Waals surface area contributed by atoms with Crippen molar-refractivity contribution in [1.82, 2.24) is 5.32 Å². The summed E-state index contributed by atoms with van der Waals surface area (Å²) < 4.78 is 27.5. The molecule has 2 N–H and O–H groups in total. The van der Waals surface area contributed by atoms with E-state index in [2.05, 4.69) is 10.0 Å². The molecule has 0 saturated heterocycles. The van der Waals surface area contributed by atoms with E-state index in [1.807, 2.05) is 6.92 Å². The van der Waals surface area contributed by atoms with Gasteiger partial charge in [0.1, 0.15) is 0 Å². The number of carbonyl (C=O) groups is 1. The molecule has 2 fully saturated rings. The lowest BCUT2D eigenvalue weighted by atomic mass is 9.95. The van der Waals surface area contributed by atoms with E-state index in [0.717, 1.165) is 17.9 Å². The molecule has 0 unspecified atom stereocenters. The van der Waals surface area contributed by atoms with Crippen LogP contribution in [-0.2, 0) is 10.0 Å². The summed E-state index contributed by atoms with van der Waals surface area (Å²) in [6, 6.07) is 11.4. The third kappa shape index (κ3) is 3.89. The number of aryl methyl sites for hydroxylation is 1. The maximum Gasteiger partial charge on any atom is 0.261 e. The Hall–Kier alpha value is -2.05. The Labute approximate surface area is 170 Å². The Morgan fingerprint density at radius 2 is 1.82 bits per heavy atom. The maximum absolute atomic E-state index is 12.6. The van der Waals surface area contributed by atoms with Crippen molar-refractivity contribution in [3.63, 3.8) is 0 Å². The molecule has 2 saturated carbocycles. The van der Waals surface area contributed by atoms with E-state index >= 15 is 0 Å². The SMILES string of the molecule is Cc1ccc(S(=O)(=O)Nc2ccc(C(=O)N[C@H]3C[C@@H]4CC[C@@H]3C4)c(Cl)c2)cc1. The molecule has 0 aliphatic heterocycles. The Kier molecular flexibility index (Phi) is 5.10. The highest BCUT2D eigenvalue weighted by Gasteiger charge is 2.40. The summed E-state index contributed by atoms with van der Waals surface area (Å²) in [6.45, 7) is 1.89. The number of carbonyl (C=O) groups excluding carboxylic acids is 1. The molecule has 2 bridgehead atoms. The average molecular weight is 419 g/mol. The minimum atomic E-state index is -3.71. The minimum absolute atomic E-state index is 0.173. The van der Waals surface area contributed by atoms with Gasteiger partial charge in [-0.2, -0.15) is 0 Å². The van der Waals surface area contributed by atoms with Gasteiger partial charge in [0.15, 0.2) is 0 Å². The quantitative estimate of drug-likeness (QED) is 0.757. The molecule has 7 heteroatoms. The Balaban J connectivity index is 1.46. The Bertz CT molecular complexity index is 1000. The lowest BCUT2D eigenvalue weighted by Gasteiger charge is -2.23. The minimum Gasteiger partial charge on any atom is -0.349 e. The van der Waals surface area contributed by atoms with E-state index in [0.29, 0.717) is 17.2 Å². The normalized spacial score (nSPS) is 23.6. The zero-order valence-electron chi connectivity index (χ0n) is 15.6.